The molecule has 0 bridgehead atoms. The fourth-order valence-electron chi connectivity index (χ4n) is 1.15. The normalized spacial score (nSPS) is 9.64. The van der Waals surface area contributed by atoms with Crippen LogP contribution in [0.2, 0.25) is 0 Å². The SMILES string of the molecule is CCCC(=O)N(CCC)CC(=O)NN. The molecule has 0 aromatic carbocycles. The van der Waals surface area contributed by atoms with E-state index < -0.39 is 0 Å². The Bertz CT molecular complexity index is 194. The van der Waals surface area contributed by atoms with Gasteiger partial charge in [0.25, 0.3) is 5.91 Å². The third kappa shape index (κ3) is 4.81. The summed E-state index contributed by atoms with van der Waals surface area (Å²) < 4.78 is 0. The summed E-state index contributed by atoms with van der Waals surface area (Å²) in [5.74, 6) is 4.63. The molecule has 5 heteroatoms. The van der Waals surface area contributed by atoms with E-state index >= 15 is 0 Å². The first-order valence-corrected chi connectivity index (χ1v) is 4.92. The Labute approximate surface area is 84.6 Å². The summed E-state index contributed by atoms with van der Waals surface area (Å²) in [4.78, 5) is 24.0. The molecule has 0 aliphatic heterocycles. The van der Waals surface area contributed by atoms with Gasteiger partial charge in [-0.15, -0.1) is 0 Å². The van der Waals surface area contributed by atoms with Crippen LogP contribution in [0.4, 0.5) is 0 Å². The zero-order valence-electron chi connectivity index (χ0n) is 8.88. The van der Waals surface area contributed by atoms with E-state index in [1.807, 2.05) is 19.3 Å². The zero-order valence-corrected chi connectivity index (χ0v) is 8.88. The van der Waals surface area contributed by atoms with E-state index in [4.69, 9.17) is 5.84 Å². The monoisotopic (exact) mass is 201 g/mol. The van der Waals surface area contributed by atoms with E-state index in [0.717, 1.165) is 12.8 Å². The van der Waals surface area contributed by atoms with Crippen LogP contribution in [0.25, 0.3) is 0 Å². The van der Waals surface area contributed by atoms with Crippen LogP contribution in [0.15, 0.2) is 0 Å². The standard InChI is InChI=1S/C9H19N3O2/c1-3-5-9(14)12(6-4-2)7-8(13)11-10/h3-7,10H2,1-2H3,(H,11,13). The fraction of sp³-hybridized carbons (Fsp3) is 0.778. The van der Waals surface area contributed by atoms with Gasteiger partial charge in [-0.25, -0.2) is 5.84 Å². The van der Waals surface area contributed by atoms with Crippen molar-refractivity contribution < 1.29 is 9.59 Å². The summed E-state index contributed by atoms with van der Waals surface area (Å²) in [6.45, 7) is 4.56. The Balaban J connectivity index is 4.13. The Kier molecular flexibility index (Phi) is 6.74. The molecule has 5 nitrogen and oxygen atoms in total. The second-order valence-corrected chi connectivity index (χ2v) is 3.13. The smallest absolute Gasteiger partial charge is 0.253 e. The van der Waals surface area contributed by atoms with Crippen LogP contribution >= 0.6 is 0 Å². The molecular formula is C9H19N3O2. The number of nitrogens with one attached hydrogen (secondary N) is 1. The van der Waals surface area contributed by atoms with Crippen molar-refractivity contribution in [2.45, 2.75) is 33.1 Å². The second-order valence-electron chi connectivity index (χ2n) is 3.13. The number of amides is 2. The minimum atomic E-state index is -0.331. The Morgan fingerprint density at radius 3 is 2.36 bits per heavy atom. The van der Waals surface area contributed by atoms with E-state index in [-0.39, 0.29) is 18.4 Å². The molecule has 0 aromatic heterocycles. The summed E-state index contributed by atoms with van der Waals surface area (Å²) in [7, 11) is 0. The highest BCUT2D eigenvalue weighted by Gasteiger charge is 2.14. The van der Waals surface area contributed by atoms with Crippen LogP contribution in [-0.2, 0) is 9.59 Å². The van der Waals surface area contributed by atoms with E-state index in [2.05, 4.69) is 0 Å². The van der Waals surface area contributed by atoms with E-state index in [0.29, 0.717) is 13.0 Å². The summed E-state index contributed by atoms with van der Waals surface area (Å²) in [5.41, 5.74) is 2.02. The quantitative estimate of drug-likeness (QED) is 0.361. The Morgan fingerprint density at radius 1 is 1.29 bits per heavy atom. The predicted molar refractivity (Wildman–Crippen MR) is 54.1 cm³/mol. The number of nitrogens with two attached hydrogens (primary N) is 1. The van der Waals surface area contributed by atoms with Gasteiger partial charge in [0.2, 0.25) is 5.91 Å². The largest absolute Gasteiger partial charge is 0.333 e. The van der Waals surface area contributed by atoms with Gasteiger partial charge in [-0.05, 0) is 12.8 Å². The van der Waals surface area contributed by atoms with Crippen LogP contribution in [0.1, 0.15) is 33.1 Å². The number of carbonyl (C=O) groups is 2. The first-order valence-electron chi connectivity index (χ1n) is 4.92. The number of nitrogens with zero attached hydrogens (tertiary/aromatic N) is 1. The molecule has 0 aliphatic carbocycles. The maximum Gasteiger partial charge on any atom is 0.253 e. The van der Waals surface area contributed by atoms with Crippen molar-refractivity contribution >= 4 is 11.8 Å². The number of rotatable bonds is 6. The predicted octanol–water partition coefficient (Wildman–Crippen LogP) is 0.0150. The van der Waals surface area contributed by atoms with Crippen LogP contribution in [0.3, 0.4) is 0 Å². The van der Waals surface area contributed by atoms with Gasteiger partial charge in [0, 0.05) is 13.0 Å². The molecule has 0 unspecified atom stereocenters. The summed E-state index contributed by atoms with van der Waals surface area (Å²) in [6.07, 6.45) is 2.12. The van der Waals surface area contributed by atoms with Crippen LogP contribution in [-0.4, -0.2) is 29.8 Å². The first kappa shape index (κ1) is 12.9. The van der Waals surface area contributed by atoms with E-state index in [1.165, 1.54) is 4.90 Å². The number of hydrogen-bond acceptors (Lipinski definition) is 3. The minimum absolute atomic E-state index is 0.0120. The van der Waals surface area contributed by atoms with Gasteiger partial charge in [-0.2, -0.15) is 0 Å². The molecule has 82 valence electrons. The molecule has 0 rings (SSSR count). The molecule has 0 aliphatic rings. The minimum Gasteiger partial charge on any atom is -0.333 e. The van der Waals surface area contributed by atoms with Gasteiger partial charge in [0.05, 0.1) is 0 Å². The molecule has 3 N–H and O–H groups in total. The summed E-state index contributed by atoms with van der Waals surface area (Å²) in [5, 5.41) is 0. The van der Waals surface area contributed by atoms with Gasteiger partial charge in [0.15, 0.2) is 0 Å². The van der Waals surface area contributed by atoms with Crippen molar-refractivity contribution in [1.29, 1.82) is 0 Å². The van der Waals surface area contributed by atoms with Gasteiger partial charge in [-0.1, -0.05) is 13.8 Å². The van der Waals surface area contributed by atoms with Crippen LogP contribution < -0.4 is 11.3 Å². The van der Waals surface area contributed by atoms with Gasteiger partial charge in [0.1, 0.15) is 6.54 Å². The highest BCUT2D eigenvalue weighted by molar-refractivity contribution is 5.84. The lowest BCUT2D eigenvalue weighted by Crippen LogP contribution is -2.43. The topological polar surface area (TPSA) is 75.4 Å². The molecule has 2 amide bonds. The lowest BCUT2D eigenvalue weighted by atomic mass is 10.3. The molecule has 0 radical (unpaired) electrons. The van der Waals surface area contributed by atoms with Crippen LogP contribution in [0.5, 0.6) is 0 Å². The maximum atomic E-state index is 11.5. The molecule has 0 aromatic rings. The lowest BCUT2D eigenvalue weighted by Gasteiger charge is -2.20. The van der Waals surface area contributed by atoms with Crippen molar-refractivity contribution in [3.63, 3.8) is 0 Å². The molecule has 0 saturated heterocycles. The molecule has 0 spiro atoms. The second kappa shape index (κ2) is 7.32. The molecule has 14 heavy (non-hydrogen) atoms. The molecule has 0 fully saturated rings. The number of carbonyl (C=O) groups excluding carboxylic acids is 2. The van der Waals surface area contributed by atoms with Crippen molar-refractivity contribution in [3.05, 3.63) is 0 Å². The third-order valence-electron chi connectivity index (χ3n) is 1.81. The Hall–Kier alpha value is -1.10. The van der Waals surface area contributed by atoms with Crippen molar-refractivity contribution in [3.8, 4) is 0 Å². The summed E-state index contributed by atoms with van der Waals surface area (Å²) in [6, 6.07) is 0. The van der Waals surface area contributed by atoms with Crippen molar-refractivity contribution in [2.24, 2.45) is 5.84 Å². The average Bonchev–Trinajstić information content (AvgIpc) is 2.17. The van der Waals surface area contributed by atoms with Gasteiger partial charge >= 0.3 is 0 Å². The van der Waals surface area contributed by atoms with E-state index in [9.17, 15) is 9.59 Å². The fourth-order valence-corrected chi connectivity index (χ4v) is 1.15. The van der Waals surface area contributed by atoms with Gasteiger partial charge in [-0.3, -0.25) is 15.0 Å². The third-order valence-corrected chi connectivity index (χ3v) is 1.81. The molecule has 0 saturated carbocycles. The van der Waals surface area contributed by atoms with E-state index in [1.54, 1.807) is 0 Å². The van der Waals surface area contributed by atoms with Crippen molar-refractivity contribution in [1.82, 2.24) is 10.3 Å². The highest BCUT2D eigenvalue weighted by atomic mass is 16.2. The molecule has 0 atom stereocenters. The maximum absolute atomic E-state index is 11.5. The summed E-state index contributed by atoms with van der Waals surface area (Å²) >= 11 is 0. The highest BCUT2D eigenvalue weighted by Crippen LogP contribution is 1.98. The van der Waals surface area contributed by atoms with Crippen LogP contribution in [0, 0.1) is 0 Å². The van der Waals surface area contributed by atoms with Crippen molar-refractivity contribution in [2.75, 3.05) is 13.1 Å². The average molecular weight is 201 g/mol. The number of hydrogen-bond donors (Lipinski definition) is 2. The van der Waals surface area contributed by atoms with Gasteiger partial charge < -0.3 is 4.90 Å². The molecule has 0 heterocycles. The first-order chi connectivity index (χ1) is 6.65. The lowest BCUT2D eigenvalue weighted by molar-refractivity contribution is -0.136. The molecular weight excluding hydrogens is 182 g/mol. The Morgan fingerprint density at radius 2 is 1.93 bits per heavy atom. The number of hydrazine groups is 1. The zero-order chi connectivity index (χ0) is 11.0.